The maximum absolute atomic E-state index is 9.82. The van der Waals surface area contributed by atoms with Crippen molar-refractivity contribution in [3.8, 4) is 0 Å². The first-order valence-corrected chi connectivity index (χ1v) is 6.99. The summed E-state index contributed by atoms with van der Waals surface area (Å²) < 4.78 is 5.39. The van der Waals surface area contributed by atoms with E-state index in [9.17, 15) is 5.11 Å². The average molecular weight is 265 g/mol. The molecule has 1 rings (SSSR count). The maximum Gasteiger partial charge on any atom is 0.0898 e. The van der Waals surface area contributed by atoms with E-state index < -0.39 is 6.10 Å². The predicted molar refractivity (Wildman–Crippen MR) is 79.4 cm³/mol. The zero-order valence-electron chi connectivity index (χ0n) is 12.7. The van der Waals surface area contributed by atoms with Gasteiger partial charge in [-0.15, -0.1) is 0 Å². The van der Waals surface area contributed by atoms with Crippen molar-refractivity contribution in [1.29, 1.82) is 0 Å². The lowest BCUT2D eigenvalue weighted by Gasteiger charge is -2.19. The molecular weight excluding hydrogens is 238 g/mol. The van der Waals surface area contributed by atoms with Gasteiger partial charge in [-0.25, -0.2) is 0 Å². The standard InChI is InChI=1S/C16H27NO2/c1-11(2)19-10-16(18)9-17-14(5)15-7-12(3)6-13(4)8-15/h6-8,11,14,16-18H,9-10H2,1-5H3. The van der Waals surface area contributed by atoms with E-state index in [4.69, 9.17) is 4.74 Å². The molecule has 0 aromatic heterocycles. The molecule has 0 saturated heterocycles. The van der Waals surface area contributed by atoms with Crippen LogP contribution in [0, 0.1) is 13.8 Å². The van der Waals surface area contributed by atoms with Crippen molar-refractivity contribution in [3.05, 3.63) is 34.9 Å². The van der Waals surface area contributed by atoms with Gasteiger partial charge in [0.25, 0.3) is 0 Å². The second-order valence-corrected chi connectivity index (χ2v) is 5.59. The quantitative estimate of drug-likeness (QED) is 0.796. The van der Waals surface area contributed by atoms with Crippen LogP contribution in [-0.2, 0) is 4.74 Å². The fourth-order valence-electron chi connectivity index (χ4n) is 2.05. The Kier molecular flexibility index (Phi) is 6.49. The smallest absolute Gasteiger partial charge is 0.0898 e. The number of aryl methyl sites for hydroxylation is 2. The van der Waals surface area contributed by atoms with Gasteiger partial charge in [0.1, 0.15) is 0 Å². The Morgan fingerprint density at radius 2 is 1.68 bits per heavy atom. The zero-order valence-corrected chi connectivity index (χ0v) is 12.7. The van der Waals surface area contributed by atoms with Crippen molar-refractivity contribution in [2.75, 3.05) is 13.2 Å². The molecule has 1 aromatic carbocycles. The number of aliphatic hydroxyl groups excluding tert-OH is 1. The monoisotopic (exact) mass is 265 g/mol. The topological polar surface area (TPSA) is 41.5 Å². The van der Waals surface area contributed by atoms with Gasteiger partial charge in [0.05, 0.1) is 18.8 Å². The van der Waals surface area contributed by atoms with Crippen LogP contribution in [0.2, 0.25) is 0 Å². The Bertz CT molecular complexity index is 370. The third-order valence-electron chi connectivity index (χ3n) is 3.03. The van der Waals surface area contributed by atoms with Gasteiger partial charge in [-0.1, -0.05) is 29.3 Å². The molecule has 0 fully saturated rings. The molecule has 19 heavy (non-hydrogen) atoms. The highest BCUT2D eigenvalue weighted by atomic mass is 16.5. The summed E-state index contributed by atoms with van der Waals surface area (Å²) in [6.07, 6.45) is -0.303. The van der Waals surface area contributed by atoms with Crippen molar-refractivity contribution in [3.63, 3.8) is 0 Å². The Hall–Kier alpha value is -0.900. The summed E-state index contributed by atoms with van der Waals surface area (Å²) in [5.74, 6) is 0. The van der Waals surface area contributed by atoms with Crippen LogP contribution in [0.1, 0.15) is 43.5 Å². The van der Waals surface area contributed by atoms with Crippen LogP contribution in [0.15, 0.2) is 18.2 Å². The van der Waals surface area contributed by atoms with E-state index in [2.05, 4.69) is 44.3 Å². The van der Waals surface area contributed by atoms with E-state index in [0.29, 0.717) is 13.2 Å². The van der Waals surface area contributed by atoms with Crippen LogP contribution < -0.4 is 5.32 Å². The molecule has 0 radical (unpaired) electrons. The first-order chi connectivity index (χ1) is 8.88. The number of rotatable bonds is 7. The van der Waals surface area contributed by atoms with E-state index >= 15 is 0 Å². The van der Waals surface area contributed by atoms with Crippen molar-refractivity contribution < 1.29 is 9.84 Å². The molecule has 0 aliphatic heterocycles. The normalized spacial score (nSPS) is 14.7. The van der Waals surface area contributed by atoms with Crippen LogP contribution in [0.25, 0.3) is 0 Å². The van der Waals surface area contributed by atoms with E-state index in [-0.39, 0.29) is 12.1 Å². The van der Waals surface area contributed by atoms with Gasteiger partial charge in [-0.3, -0.25) is 0 Å². The largest absolute Gasteiger partial charge is 0.389 e. The van der Waals surface area contributed by atoms with Gasteiger partial charge in [0.2, 0.25) is 0 Å². The van der Waals surface area contributed by atoms with Gasteiger partial charge in [0.15, 0.2) is 0 Å². The van der Waals surface area contributed by atoms with Crippen LogP contribution in [0.4, 0.5) is 0 Å². The summed E-state index contributed by atoms with van der Waals surface area (Å²) >= 11 is 0. The Morgan fingerprint density at radius 3 is 2.21 bits per heavy atom. The lowest BCUT2D eigenvalue weighted by Crippen LogP contribution is -2.32. The van der Waals surface area contributed by atoms with Crippen LogP contribution in [-0.4, -0.2) is 30.5 Å². The highest BCUT2D eigenvalue weighted by Gasteiger charge is 2.10. The van der Waals surface area contributed by atoms with Gasteiger partial charge in [0, 0.05) is 12.6 Å². The second kappa shape index (κ2) is 7.63. The van der Waals surface area contributed by atoms with Crippen molar-refractivity contribution in [2.45, 2.75) is 52.9 Å². The minimum atomic E-state index is -0.462. The third kappa shape index (κ3) is 6.19. The number of hydrogen-bond donors (Lipinski definition) is 2. The fourth-order valence-corrected chi connectivity index (χ4v) is 2.05. The molecule has 0 spiro atoms. The third-order valence-corrected chi connectivity index (χ3v) is 3.03. The van der Waals surface area contributed by atoms with E-state index in [1.807, 2.05) is 13.8 Å². The number of hydrogen-bond acceptors (Lipinski definition) is 3. The lowest BCUT2D eigenvalue weighted by molar-refractivity contribution is 0.00560. The van der Waals surface area contributed by atoms with E-state index in [1.54, 1.807) is 0 Å². The molecule has 0 amide bonds. The fraction of sp³-hybridized carbons (Fsp3) is 0.625. The maximum atomic E-state index is 9.82. The molecule has 108 valence electrons. The molecule has 2 atom stereocenters. The molecule has 0 saturated carbocycles. The molecular formula is C16H27NO2. The zero-order chi connectivity index (χ0) is 14.4. The summed E-state index contributed by atoms with van der Waals surface area (Å²) in [6, 6.07) is 6.76. The summed E-state index contributed by atoms with van der Waals surface area (Å²) in [4.78, 5) is 0. The van der Waals surface area contributed by atoms with Gasteiger partial charge < -0.3 is 15.2 Å². The minimum absolute atomic E-state index is 0.159. The minimum Gasteiger partial charge on any atom is -0.389 e. The molecule has 1 aromatic rings. The highest BCUT2D eigenvalue weighted by Crippen LogP contribution is 2.16. The molecule has 0 aliphatic rings. The first kappa shape index (κ1) is 16.2. The molecule has 0 bridgehead atoms. The lowest BCUT2D eigenvalue weighted by atomic mass is 10.0. The number of nitrogens with one attached hydrogen (secondary N) is 1. The van der Waals surface area contributed by atoms with Crippen molar-refractivity contribution in [2.24, 2.45) is 0 Å². The number of aliphatic hydroxyl groups is 1. The van der Waals surface area contributed by atoms with Crippen molar-refractivity contribution >= 4 is 0 Å². The first-order valence-electron chi connectivity index (χ1n) is 6.99. The molecule has 3 heteroatoms. The number of ether oxygens (including phenoxy) is 1. The Labute approximate surface area is 117 Å². The van der Waals surface area contributed by atoms with Crippen LogP contribution in [0.3, 0.4) is 0 Å². The molecule has 0 heterocycles. The molecule has 2 unspecified atom stereocenters. The second-order valence-electron chi connectivity index (χ2n) is 5.59. The van der Waals surface area contributed by atoms with Gasteiger partial charge in [-0.2, -0.15) is 0 Å². The predicted octanol–water partition coefficient (Wildman–Crippen LogP) is 2.74. The summed E-state index contributed by atoms with van der Waals surface area (Å²) in [5.41, 5.74) is 3.80. The molecule has 2 N–H and O–H groups in total. The van der Waals surface area contributed by atoms with Gasteiger partial charge in [-0.05, 0) is 40.2 Å². The number of benzene rings is 1. The summed E-state index contributed by atoms with van der Waals surface area (Å²) in [7, 11) is 0. The van der Waals surface area contributed by atoms with E-state index in [1.165, 1.54) is 16.7 Å². The summed E-state index contributed by atoms with van der Waals surface area (Å²) in [5, 5.41) is 13.2. The van der Waals surface area contributed by atoms with Crippen molar-refractivity contribution in [1.82, 2.24) is 5.32 Å². The Morgan fingerprint density at radius 1 is 1.11 bits per heavy atom. The van der Waals surface area contributed by atoms with Crippen LogP contribution in [0.5, 0.6) is 0 Å². The summed E-state index contributed by atoms with van der Waals surface area (Å²) in [6.45, 7) is 11.2. The van der Waals surface area contributed by atoms with Crippen LogP contribution >= 0.6 is 0 Å². The SMILES string of the molecule is Cc1cc(C)cc(C(C)NCC(O)COC(C)C)c1. The molecule has 0 aliphatic carbocycles. The molecule has 3 nitrogen and oxygen atoms in total. The average Bonchev–Trinajstić information content (AvgIpc) is 2.32. The Balaban J connectivity index is 2.44. The highest BCUT2D eigenvalue weighted by molar-refractivity contribution is 5.30. The van der Waals surface area contributed by atoms with Gasteiger partial charge >= 0.3 is 0 Å². The van der Waals surface area contributed by atoms with E-state index in [0.717, 1.165) is 0 Å².